The average Bonchev–Trinajstić information content (AvgIpc) is 3.22. The second-order valence-corrected chi connectivity index (χ2v) is 6.27. The minimum Gasteiger partial charge on any atom is -0.386 e. The van der Waals surface area contributed by atoms with Gasteiger partial charge in [-0.2, -0.15) is 0 Å². The lowest BCUT2D eigenvalue weighted by molar-refractivity contribution is -0.168. The monoisotopic (exact) mass is 286 g/mol. The fraction of sp³-hybridized carbons (Fsp3) is 0.500. The molecule has 1 saturated carbocycles. The van der Waals surface area contributed by atoms with Crippen molar-refractivity contribution in [2.75, 3.05) is 13.1 Å². The number of nitrogens with zero attached hydrogens (tertiary/aromatic N) is 2. The Kier molecular flexibility index (Phi) is 2.79. The number of amides is 1. The first-order valence-corrected chi connectivity index (χ1v) is 7.45. The highest BCUT2D eigenvalue weighted by molar-refractivity contribution is 6.04. The molecule has 1 aromatic rings. The van der Waals surface area contributed by atoms with Crippen LogP contribution in [-0.2, 0) is 9.63 Å². The zero-order valence-electron chi connectivity index (χ0n) is 11.7. The summed E-state index contributed by atoms with van der Waals surface area (Å²) in [4.78, 5) is 19.3. The summed E-state index contributed by atoms with van der Waals surface area (Å²) in [5, 5.41) is 14.3. The quantitative estimate of drug-likeness (QED) is 0.907. The molecule has 0 radical (unpaired) electrons. The molecule has 1 saturated heterocycles. The van der Waals surface area contributed by atoms with Gasteiger partial charge in [-0.1, -0.05) is 35.5 Å². The van der Waals surface area contributed by atoms with Gasteiger partial charge in [-0.3, -0.25) is 4.79 Å². The van der Waals surface area contributed by atoms with Gasteiger partial charge >= 0.3 is 0 Å². The molecule has 5 nitrogen and oxygen atoms in total. The predicted molar refractivity (Wildman–Crippen MR) is 76.7 cm³/mol. The Labute approximate surface area is 123 Å². The van der Waals surface area contributed by atoms with E-state index in [-0.39, 0.29) is 5.91 Å². The molecular formula is C16H18N2O3. The van der Waals surface area contributed by atoms with E-state index in [4.69, 9.17) is 4.84 Å². The summed E-state index contributed by atoms with van der Waals surface area (Å²) in [5.74, 6) is 0.331. The molecule has 0 bridgehead atoms. The number of benzene rings is 1. The lowest BCUT2D eigenvalue weighted by atomic mass is 9.88. The summed E-state index contributed by atoms with van der Waals surface area (Å²) in [7, 11) is 0. The number of hydrogen-bond donors (Lipinski definition) is 1. The molecule has 1 unspecified atom stereocenters. The summed E-state index contributed by atoms with van der Waals surface area (Å²) in [6.45, 7) is 0.883. The molecule has 2 fully saturated rings. The van der Waals surface area contributed by atoms with Gasteiger partial charge in [0.25, 0.3) is 5.91 Å². The third-order valence-corrected chi connectivity index (χ3v) is 4.63. The van der Waals surface area contributed by atoms with E-state index in [9.17, 15) is 9.90 Å². The van der Waals surface area contributed by atoms with Gasteiger partial charge in [0.1, 0.15) is 5.60 Å². The normalized spacial score (nSPS) is 26.8. The van der Waals surface area contributed by atoms with Crippen LogP contribution in [0.2, 0.25) is 0 Å². The average molecular weight is 286 g/mol. The number of carbonyl (C=O) groups is 1. The van der Waals surface area contributed by atoms with E-state index < -0.39 is 11.7 Å². The van der Waals surface area contributed by atoms with Crippen molar-refractivity contribution in [2.45, 2.75) is 31.0 Å². The van der Waals surface area contributed by atoms with E-state index in [2.05, 4.69) is 5.16 Å². The maximum absolute atomic E-state index is 12.4. The van der Waals surface area contributed by atoms with Gasteiger partial charge in [0, 0.05) is 6.42 Å². The van der Waals surface area contributed by atoms with Crippen LogP contribution in [0.15, 0.2) is 35.5 Å². The molecule has 1 aromatic carbocycles. The van der Waals surface area contributed by atoms with E-state index in [0.29, 0.717) is 25.4 Å². The van der Waals surface area contributed by atoms with Crippen molar-refractivity contribution in [3.63, 3.8) is 0 Å². The topological polar surface area (TPSA) is 62.1 Å². The smallest absolute Gasteiger partial charge is 0.267 e. The predicted octanol–water partition coefficient (Wildman–Crippen LogP) is 1.16. The first kappa shape index (κ1) is 12.8. The van der Waals surface area contributed by atoms with Crippen molar-refractivity contribution in [3.8, 4) is 0 Å². The maximum Gasteiger partial charge on any atom is 0.267 e. The molecule has 1 N–H and O–H groups in total. The van der Waals surface area contributed by atoms with Crippen molar-refractivity contribution in [1.82, 2.24) is 4.90 Å². The molecule has 1 amide bonds. The summed E-state index contributed by atoms with van der Waals surface area (Å²) in [6.07, 6.45) is 2.13. The lowest BCUT2D eigenvalue weighted by Crippen LogP contribution is -2.66. The molecule has 5 heteroatoms. The lowest BCUT2D eigenvalue weighted by Gasteiger charge is -2.47. The van der Waals surface area contributed by atoms with E-state index in [1.165, 1.54) is 0 Å². The second kappa shape index (κ2) is 4.56. The van der Waals surface area contributed by atoms with Crippen molar-refractivity contribution in [1.29, 1.82) is 0 Å². The van der Waals surface area contributed by atoms with Crippen molar-refractivity contribution < 1.29 is 14.7 Å². The van der Waals surface area contributed by atoms with Crippen LogP contribution >= 0.6 is 0 Å². The van der Waals surface area contributed by atoms with Crippen LogP contribution in [0.3, 0.4) is 0 Å². The highest BCUT2D eigenvalue weighted by Gasteiger charge is 2.54. The minimum absolute atomic E-state index is 0.0602. The minimum atomic E-state index is -0.641. The summed E-state index contributed by atoms with van der Waals surface area (Å²) in [6, 6.07) is 9.76. The Morgan fingerprint density at radius 3 is 2.67 bits per heavy atom. The largest absolute Gasteiger partial charge is 0.386 e. The number of β-amino-alcohol motifs (C(OH)–C–C–N with tert-alkyl or cyclic N) is 1. The zero-order valence-corrected chi connectivity index (χ0v) is 11.7. The van der Waals surface area contributed by atoms with E-state index in [1.807, 2.05) is 30.3 Å². The summed E-state index contributed by atoms with van der Waals surface area (Å²) < 4.78 is 0. The first-order chi connectivity index (χ1) is 10.2. The van der Waals surface area contributed by atoms with Crippen LogP contribution in [0, 0.1) is 5.92 Å². The SMILES string of the molecule is O=C(C1CC(c2ccccc2)=NO1)N1CC(O)(C2CC2)C1. The molecule has 0 aromatic heterocycles. The van der Waals surface area contributed by atoms with Gasteiger partial charge < -0.3 is 14.8 Å². The molecule has 1 aliphatic carbocycles. The van der Waals surface area contributed by atoms with Crippen LogP contribution in [0.25, 0.3) is 0 Å². The molecule has 4 rings (SSSR count). The Morgan fingerprint density at radius 1 is 1.29 bits per heavy atom. The van der Waals surface area contributed by atoms with E-state index in [0.717, 1.165) is 24.1 Å². The zero-order chi connectivity index (χ0) is 14.4. The third kappa shape index (κ3) is 2.21. The fourth-order valence-corrected chi connectivity index (χ4v) is 3.16. The van der Waals surface area contributed by atoms with Crippen LogP contribution in [-0.4, -0.2) is 46.4 Å². The van der Waals surface area contributed by atoms with E-state index in [1.54, 1.807) is 4.90 Å². The van der Waals surface area contributed by atoms with E-state index >= 15 is 0 Å². The van der Waals surface area contributed by atoms with Gasteiger partial charge in [0.2, 0.25) is 6.10 Å². The number of aliphatic hydroxyl groups is 1. The second-order valence-electron chi connectivity index (χ2n) is 6.27. The van der Waals surface area contributed by atoms with Crippen LogP contribution in [0.5, 0.6) is 0 Å². The third-order valence-electron chi connectivity index (χ3n) is 4.63. The number of rotatable bonds is 3. The fourth-order valence-electron chi connectivity index (χ4n) is 3.16. The maximum atomic E-state index is 12.4. The highest BCUT2D eigenvalue weighted by atomic mass is 16.6. The molecule has 21 heavy (non-hydrogen) atoms. The van der Waals surface area contributed by atoms with Crippen molar-refractivity contribution >= 4 is 11.6 Å². The molecule has 3 aliphatic rings. The molecule has 2 heterocycles. The van der Waals surface area contributed by atoms with Gasteiger partial charge in [-0.15, -0.1) is 0 Å². The molecule has 110 valence electrons. The number of likely N-dealkylation sites (tertiary alicyclic amines) is 1. The van der Waals surface area contributed by atoms with Gasteiger partial charge in [-0.25, -0.2) is 0 Å². The van der Waals surface area contributed by atoms with Crippen molar-refractivity contribution in [2.24, 2.45) is 11.1 Å². The van der Waals surface area contributed by atoms with Crippen LogP contribution in [0.1, 0.15) is 24.8 Å². The Morgan fingerprint density at radius 2 is 2.00 bits per heavy atom. The van der Waals surface area contributed by atoms with Gasteiger partial charge in [0.05, 0.1) is 18.8 Å². The molecule has 2 aliphatic heterocycles. The van der Waals surface area contributed by atoms with Crippen LogP contribution < -0.4 is 0 Å². The van der Waals surface area contributed by atoms with Crippen molar-refractivity contribution in [3.05, 3.63) is 35.9 Å². The highest BCUT2D eigenvalue weighted by Crippen LogP contribution is 2.44. The van der Waals surface area contributed by atoms with Gasteiger partial charge in [0.15, 0.2) is 0 Å². The number of hydrogen-bond acceptors (Lipinski definition) is 4. The number of carbonyl (C=O) groups excluding carboxylic acids is 1. The van der Waals surface area contributed by atoms with Crippen LogP contribution in [0.4, 0.5) is 0 Å². The summed E-state index contributed by atoms with van der Waals surface area (Å²) >= 11 is 0. The first-order valence-electron chi connectivity index (χ1n) is 7.45. The Bertz CT molecular complexity index is 589. The molecule has 0 spiro atoms. The number of oxime groups is 1. The standard InChI is InChI=1S/C16H18N2O3/c19-15(18-9-16(20,10-18)12-6-7-12)14-8-13(17-21-14)11-4-2-1-3-5-11/h1-5,12,14,20H,6-10H2. The molecule has 1 atom stereocenters. The Balaban J connectivity index is 1.36. The molecular weight excluding hydrogens is 268 g/mol. The Hall–Kier alpha value is -1.88. The summed E-state index contributed by atoms with van der Waals surface area (Å²) in [5.41, 5.74) is 1.16. The van der Waals surface area contributed by atoms with Gasteiger partial charge in [-0.05, 0) is 24.3 Å².